The molecule has 2 aromatic rings. The SMILES string of the molecule is Cc1cc(C)c(N2C=[N+]([C@H](C)c3ccccc3O)CC2)c(C)c1. The Kier molecular flexibility index (Phi) is 4.12. The molecule has 3 nitrogen and oxygen atoms in total. The third-order valence-corrected chi connectivity index (χ3v) is 4.69. The normalized spacial score (nSPS) is 15.7. The molecule has 0 spiro atoms. The van der Waals surface area contributed by atoms with Crippen molar-refractivity contribution in [3.63, 3.8) is 0 Å². The molecule has 1 N–H and O–H groups in total. The minimum atomic E-state index is 0.160. The van der Waals surface area contributed by atoms with E-state index in [1.54, 1.807) is 6.07 Å². The quantitative estimate of drug-likeness (QED) is 0.869. The van der Waals surface area contributed by atoms with E-state index in [1.807, 2.05) is 18.2 Å². The third kappa shape index (κ3) is 2.96. The summed E-state index contributed by atoms with van der Waals surface area (Å²) in [5.74, 6) is 0.370. The van der Waals surface area contributed by atoms with Gasteiger partial charge in [-0.05, 0) is 44.9 Å². The molecule has 23 heavy (non-hydrogen) atoms. The van der Waals surface area contributed by atoms with Gasteiger partial charge in [-0.2, -0.15) is 0 Å². The molecule has 0 unspecified atom stereocenters. The van der Waals surface area contributed by atoms with Crippen molar-refractivity contribution in [3.05, 3.63) is 58.7 Å². The van der Waals surface area contributed by atoms with Crippen LogP contribution >= 0.6 is 0 Å². The summed E-state index contributed by atoms with van der Waals surface area (Å²) in [6, 6.07) is 12.2. The van der Waals surface area contributed by atoms with Gasteiger partial charge in [0.2, 0.25) is 6.34 Å². The van der Waals surface area contributed by atoms with Crippen LogP contribution in [-0.4, -0.2) is 29.1 Å². The maximum atomic E-state index is 10.1. The first-order valence-corrected chi connectivity index (χ1v) is 8.20. The van der Waals surface area contributed by atoms with Gasteiger partial charge in [-0.3, -0.25) is 4.58 Å². The summed E-state index contributed by atoms with van der Waals surface area (Å²) in [7, 11) is 0. The Morgan fingerprint density at radius 2 is 1.74 bits per heavy atom. The molecule has 0 radical (unpaired) electrons. The van der Waals surface area contributed by atoms with Crippen LogP contribution in [0.4, 0.5) is 5.69 Å². The van der Waals surface area contributed by atoms with Crippen molar-refractivity contribution in [2.24, 2.45) is 0 Å². The van der Waals surface area contributed by atoms with Crippen molar-refractivity contribution in [3.8, 4) is 5.75 Å². The predicted octanol–water partition coefficient (Wildman–Crippen LogP) is 3.94. The standard InChI is InChI=1S/C20H24N2O/c1-14-11-15(2)20(16(3)12-14)22-10-9-21(13-22)17(4)18-7-5-6-8-19(18)23/h5-8,11-13,17H,9-10H2,1-4H3/p+1/t17-/m1/s1. The molecule has 2 aromatic carbocycles. The first kappa shape index (κ1) is 15.6. The zero-order valence-electron chi connectivity index (χ0n) is 14.4. The Bertz CT molecular complexity index is 741. The number of nitrogens with zero attached hydrogens (tertiary/aromatic N) is 2. The average molecular weight is 309 g/mol. The van der Waals surface area contributed by atoms with Gasteiger partial charge in [0.05, 0.1) is 0 Å². The maximum absolute atomic E-state index is 10.1. The fraction of sp³-hybridized carbons (Fsp3) is 0.350. The Labute approximate surface area is 138 Å². The molecular weight excluding hydrogens is 284 g/mol. The van der Waals surface area contributed by atoms with Crippen LogP contribution in [0.1, 0.15) is 35.2 Å². The number of aryl methyl sites for hydroxylation is 3. The molecule has 3 heteroatoms. The average Bonchev–Trinajstić information content (AvgIpc) is 2.95. The highest BCUT2D eigenvalue weighted by Gasteiger charge is 2.28. The van der Waals surface area contributed by atoms with E-state index in [0.717, 1.165) is 18.7 Å². The van der Waals surface area contributed by atoms with Crippen LogP contribution in [0.25, 0.3) is 0 Å². The molecule has 1 aliphatic rings. The van der Waals surface area contributed by atoms with Crippen LogP contribution in [0.2, 0.25) is 0 Å². The van der Waals surface area contributed by atoms with E-state index < -0.39 is 0 Å². The molecular formula is C20H25N2O+. The lowest BCUT2D eigenvalue weighted by atomic mass is 10.0. The number of phenolic OH excluding ortho intramolecular Hbond substituents is 1. The Balaban J connectivity index is 1.91. The van der Waals surface area contributed by atoms with Crippen LogP contribution in [0.15, 0.2) is 36.4 Å². The largest absolute Gasteiger partial charge is 0.508 e. The summed E-state index contributed by atoms with van der Waals surface area (Å²) in [5.41, 5.74) is 6.22. The number of para-hydroxylation sites is 1. The molecule has 0 saturated carbocycles. The number of rotatable bonds is 3. The van der Waals surface area contributed by atoms with Gasteiger partial charge in [0.1, 0.15) is 30.6 Å². The molecule has 0 aliphatic carbocycles. The van der Waals surface area contributed by atoms with Crippen LogP contribution in [0.5, 0.6) is 5.75 Å². The Morgan fingerprint density at radius 1 is 1.09 bits per heavy atom. The summed E-state index contributed by atoms with van der Waals surface area (Å²) in [6.45, 7) is 10.6. The van der Waals surface area contributed by atoms with E-state index in [1.165, 1.54) is 22.4 Å². The van der Waals surface area contributed by atoms with Gasteiger partial charge in [-0.1, -0.05) is 35.9 Å². The minimum Gasteiger partial charge on any atom is -0.508 e. The van der Waals surface area contributed by atoms with Gasteiger partial charge in [-0.25, -0.2) is 4.90 Å². The van der Waals surface area contributed by atoms with Crippen LogP contribution in [0, 0.1) is 20.8 Å². The lowest BCUT2D eigenvalue weighted by molar-refractivity contribution is -0.555. The van der Waals surface area contributed by atoms with Crippen molar-refractivity contribution < 1.29 is 9.68 Å². The van der Waals surface area contributed by atoms with Gasteiger partial charge < -0.3 is 5.11 Å². The molecule has 1 heterocycles. The number of hydrogen-bond donors (Lipinski definition) is 1. The van der Waals surface area contributed by atoms with Gasteiger partial charge in [0, 0.05) is 5.56 Å². The van der Waals surface area contributed by atoms with Gasteiger partial charge >= 0.3 is 0 Å². The summed E-state index contributed by atoms with van der Waals surface area (Å²) in [5, 5.41) is 10.1. The molecule has 1 aliphatic heterocycles. The molecule has 0 fully saturated rings. The fourth-order valence-corrected chi connectivity index (χ4v) is 3.63. The minimum absolute atomic E-state index is 0.160. The molecule has 120 valence electrons. The molecule has 0 bridgehead atoms. The number of phenols is 1. The van der Waals surface area contributed by atoms with Crippen molar-refractivity contribution in [2.45, 2.75) is 33.7 Å². The zero-order chi connectivity index (χ0) is 16.6. The summed E-state index contributed by atoms with van der Waals surface area (Å²) in [6.07, 6.45) is 2.20. The first-order valence-electron chi connectivity index (χ1n) is 8.20. The van der Waals surface area contributed by atoms with E-state index in [-0.39, 0.29) is 6.04 Å². The second-order valence-electron chi connectivity index (χ2n) is 6.53. The van der Waals surface area contributed by atoms with Gasteiger partial charge in [0.15, 0.2) is 0 Å². The van der Waals surface area contributed by atoms with Crippen LogP contribution < -0.4 is 4.90 Å². The predicted molar refractivity (Wildman–Crippen MR) is 95.7 cm³/mol. The number of benzene rings is 2. The maximum Gasteiger partial charge on any atom is 0.240 e. The summed E-state index contributed by atoms with van der Waals surface area (Å²) < 4.78 is 2.30. The molecule has 1 atom stereocenters. The van der Waals surface area contributed by atoms with E-state index in [9.17, 15) is 5.11 Å². The number of hydrogen-bond acceptors (Lipinski definition) is 2. The highest BCUT2D eigenvalue weighted by atomic mass is 16.3. The second-order valence-corrected chi connectivity index (χ2v) is 6.53. The zero-order valence-corrected chi connectivity index (χ0v) is 14.4. The summed E-state index contributed by atoms with van der Waals surface area (Å²) >= 11 is 0. The van der Waals surface area contributed by atoms with Crippen molar-refractivity contribution >= 4 is 12.0 Å². The van der Waals surface area contributed by atoms with E-state index in [4.69, 9.17) is 0 Å². The van der Waals surface area contributed by atoms with Crippen molar-refractivity contribution in [1.29, 1.82) is 0 Å². The highest BCUT2D eigenvalue weighted by Crippen LogP contribution is 2.30. The highest BCUT2D eigenvalue weighted by molar-refractivity contribution is 5.81. The Hall–Kier alpha value is -2.29. The monoisotopic (exact) mass is 309 g/mol. The molecule has 0 amide bonds. The Morgan fingerprint density at radius 3 is 2.39 bits per heavy atom. The van der Waals surface area contributed by atoms with Gasteiger partial charge in [-0.15, -0.1) is 0 Å². The summed E-state index contributed by atoms with van der Waals surface area (Å²) in [4.78, 5) is 2.33. The molecule has 0 aromatic heterocycles. The van der Waals surface area contributed by atoms with E-state index in [2.05, 4.69) is 55.6 Å². The first-order chi connectivity index (χ1) is 11.0. The van der Waals surface area contributed by atoms with Crippen molar-refractivity contribution in [2.75, 3.05) is 18.0 Å². The van der Waals surface area contributed by atoms with Crippen molar-refractivity contribution in [1.82, 2.24) is 0 Å². The van der Waals surface area contributed by atoms with E-state index in [0.29, 0.717) is 5.75 Å². The lowest BCUT2D eigenvalue weighted by Gasteiger charge is -2.14. The molecule has 0 saturated heterocycles. The third-order valence-electron chi connectivity index (χ3n) is 4.69. The van der Waals surface area contributed by atoms with Crippen LogP contribution in [-0.2, 0) is 0 Å². The van der Waals surface area contributed by atoms with Crippen LogP contribution in [0.3, 0.4) is 0 Å². The lowest BCUT2D eigenvalue weighted by Crippen LogP contribution is -2.20. The fourth-order valence-electron chi connectivity index (χ4n) is 3.63. The van der Waals surface area contributed by atoms with E-state index >= 15 is 0 Å². The topological polar surface area (TPSA) is 26.5 Å². The smallest absolute Gasteiger partial charge is 0.240 e. The second kappa shape index (κ2) is 6.07. The molecule has 3 rings (SSSR count). The van der Waals surface area contributed by atoms with Gasteiger partial charge in [0.25, 0.3) is 0 Å². The number of anilines is 1. The number of aromatic hydroxyl groups is 1.